The predicted molar refractivity (Wildman–Crippen MR) is 84.3 cm³/mol. The van der Waals surface area contributed by atoms with Crippen molar-refractivity contribution < 1.29 is 24.2 Å². The molecule has 0 radical (unpaired) electrons. The fourth-order valence-electron chi connectivity index (χ4n) is 4.07. The largest absolute Gasteiger partial charge is 0.481 e. The highest BCUT2D eigenvalue weighted by atomic mass is 16.5. The Morgan fingerprint density at radius 2 is 1.71 bits per heavy atom. The van der Waals surface area contributed by atoms with Gasteiger partial charge in [0.15, 0.2) is 0 Å². The molecule has 8 nitrogen and oxygen atoms in total. The monoisotopic (exact) mass is 339 g/mol. The molecule has 3 saturated heterocycles. The Morgan fingerprint density at radius 3 is 2.38 bits per heavy atom. The van der Waals surface area contributed by atoms with Crippen molar-refractivity contribution in [3.63, 3.8) is 0 Å². The molecule has 3 heterocycles. The van der Waals surface area contributed by atoms with E-state index in [-0.39, 0.29) is 0 Å². The average molecular weight is 339 g/mol. The summed E-state index contributed by atoms with van der Waals surface area (Å²) in [5.74, 6) is -3.23. The Bertz CT molecular complexity index is 506. The SMILES string of the molecule is O=C(NCCN1CCCCC1)NC(=O)C1C(C(=O)O)[C@@H]2CC[C@H]1O2. The molecular weight excluding hydrogens is 314 g/mol. The highest BCUT2D eigenvalue weighted by molar-refractivity contribution is 5.97. The molecular formula is C16H25N3O5. The van der Waals surface area contributed by atoms with Crippen molar-refractivity contribution in [2.24, 2.45) is 11.8 Å². The Kier molecular flexibility index (Phi) is 5.35. The van der Waals surface area contributed by atoms with Crippen molar-refractivity contribution in [3.05, 3.63) is 0 Å². The minimum absolute atomic E-state index is 0.391. The van der Waals surface area contributed by atoms with Crippen LogP contribution >= 0.6 is 0 Å². The van der Waals surface area contributed by atoms with Gasteiger partial charge in [0.1, 0.15) is 0 Å². The number of aliphatic carboxylic acids is 1. The topological polar surface area (TPSA) is 108 Å². The van der Waals surface area contributed by atoms with Crippen LogP contribution in [-0.2, 0) is 14.3 Å². The van der Waals surface area contributed by atoms with Crippen LogP contribution < -0.4 is 10.6 Å². The normalized spacial score (nSPS) is 32.5. The molecule has 0 aromatic rings. The van der Waals surface area contributed by atoms with Gasteiger partial charge in [0, 0.05) is 13.1 Å². The summed E-state index contributed by atoms with van der Waals surface area (Å²) in [7, 11) is 0. The van der Waals surface area contributed by atoms with Gasteiger partial charge >= 0.3 is 12.0 Å². The second-order valence-electron chi connectivity index (χ2n) is 6.83. The van der Waals surface area contributed by atoms with E-state index in [1.165, 1.54) is 19.3 Å². The van der Waals surface area contributed by atoms with E-state index >= 15 is 0 Å². The van der Waals surface area contributed by atoms with Crippen LogP contribution in [0.25, 0.3) is 0 Å². The molecule has 0 saturated carbocycles. The molecule has 8 heteroatoms. The lowest BCUT2D eigenvalue weighted by molar-refractivity contribution is -0.147. The number of likely N-dealkylation sites (tertiary alicyclic amines) is 1. The molecule has 3 amide bonds. The second-order valence-corrected chi connectivity index (χ2v) is 6.83. The third kappa shape index (κ3) is 3.70. The fraction of sp³-hybridized carbons (Fsp3) is 0.812. The van der Waals surface area contributed by atoms with Gasteiger partial charge in [-0.15, -0.1) is 0 Å². The van der Waals surface area contributed by atoms with Crippen molar-refractivity contribution in [1.29, 1.82) is 0 Å². The number of imide groups is 1. The standard InChI is InChI=1S/C16H25N3O5/c20-14(12-10-4-5-11(24-10)13(12)15(21)22)18-16(23)17-6-9-19-7-2-1-3-8-19/h10-13H,1-9H2,(H,21,22)(H2,17,18,20,23)/t10-,11+,12?,13?/m1/s1. The summed E-state index contributed by atoms with van der Waals surface area (Å²) in [6, 6.07) is -0.566. The Morgan fingerprint density at radius 1 is 1.04 bits per heavy atom. The zero-order chi connectivity index (χ0) is 17.1. The zero-order valence-corrected chi connectivity index (χ0v) is 13.7. The van der Waals surface area contributed by atoms with E-state index in [0.717, 1.165) is 19.6 Å². The number of carboxylic acid groups (broad SMARTS) is 1. The molecule has 2 bridgehead atoms. The number of carbonyl (C=O) groups excluding carboxylic acids is 2. The smallest absolute Gasteiger partial charge is 0.321 e. The van der Waals surface area contributed by atoms with Gasteiger partial charge in [-0.05, 0) is 38.8 Å². The van der Waals surface area contributed by atoms with E-state index < -0.39 is 42.0 Å². The molecule has 134 valence electrons. The molecule has 2 unspecified atom stereocenters. The number of fused-ring (bicyclic) bond motifs is 2. The van der Waals surface area contributed by atoms with Crippen molar-refractivity contribution in [3.8, 4) is 0 Å². The number of carboxylic acids is 1. The van der Waals surface area contributed by atoms with Crippen molar-refractivity contribution in [1.82, 2.24) is 15.5 Å². The number of hydrogen-bond donors (Lipinski definition) is 3. The zero-order valence-electron chi connectivity index (χ0n) is 13.7. The number of piperidine rings is 1. The van der Waals surface area contributed by atoms with Crippen molar-refractivity contribution >= 4 is 17.9 Å². The number of carbonyl (C=O) groups is 3. The van der Waals surface area contributed by atoms with E-state index in [2.05, 4.69) is 15.5 Å². The molecule has 3 fully saturated rings. The highest BCUT2D eigenvalue weighted by Crippen LogP contribution is 2.43. The fourth-order valence-corrected chi connectivity index (χ4v) is 4.07. The molecule has 3 aliphatic heterocycles. The number of nitrogens with one attached hydrogen (secondary N) is 2. The second kappa shape index (κ2) is 7.48. The molecule has 24 heavy (non-hydrogen) atoms. The van der Waals surface area contributed by atoms with E-state index in [1.807, 2.05) is 0 Å². The minimum Gasteiger partial charge on any atom is -0.481 e. The molecule has 3 N–H and O–H groups in total. The summed E-state index contributed by atoms with van der Waals surface area (Å²) in [5, 5.41) is 14.3. The van der Waals surface area contributed by atoms with Crippen LogP contribution in [0.5, 0.6) is 0 Å². The quantitative estimate of drug-likeness (QED) is 0.659. The molecule has 4 atom stereocenters. The Hall–Kier alpha value is -1.67. The first-order valence-electron chi connectivity index (χ1n) is 8.75. The van der Waals surface area contributed by atoms with Crippen LogP contribution in [0.4, 0.5) is 4.79 Å². The van der Waals surface area contributed by atoms with Crippen molar-refractivity contribution in [2.45, 2.75) is 44.3 Å². The van der Waals surface area contributed by atoms with E-state index in [9.17, 15) is 19.5 Å². The van der Waals surface area contributed by atoms with Gasteiger partial charge < -0.3 is 20.1 Å². The van der Waals surface area contributed by atoms with Crippen LogP contribution in [0.3, 0.4) is 0 Å². The molecule has 0 aromatic heterocycles. The predicted octanol–water partition coefficient (Wildman–Crippen LogP) is 0.176. The number of hydrogen-bond acceptors (Lipinski definition) is 5. The number of amides is 3. The summed E-state index contributed by atoms with van der Waals surface area (Å²) in [5.41, 5.74) is 0. The first-order chi connectivity index (χ1) is 11.6. The summed E-state index contributed by atoms with van der Waals surface area (Å²) >= 11 is 0. The maximum atomic E-state index is 12.3. The van der Waals surface area contributed by atoms with Gasteiger partial charge in [-0.2, -0.15) is 0 Å². The third-order valence-electron chi connectivity index (χ3n) is 5.26. The van der Waals surface area contributed by atoms with Crippen LogP contribution in [0, 0.1) is 11.8 Å². The molecule has 3 rings (SSSR count). The van der Waals surface area contributed by atoms with Crippen LogP contribution in [0.1, 0.15) is 32.1 Å². The van der Waals surface area contributed by atoms with Gasteiger partial charge in [0.05, 0.1) is 24.0 Å². The summed E-state index contributed by atoms with van der Waals surface area (Å²) < 4.78 is 5.54. The molecule has 0 spiro atoms. The van der Waals surface area contributed by atoms with E-state index in [4.69, 9.17) is 4.74 Å². The first-order valence-corrected chi connectivity index (χ1v) is 8.75. The average Bonchev–Trinajstić information content (AvgIpc) is 3.16. The Labute approximate surface area is 140 Å². The van der Waals surface area contributed by atoms with E-state index in [0.29, 0.717) is 19.4 Å². The van der Waals surface area contributed by atoms with Gasteiger partial charge in [-0.25, -0.2) is 4.79 Å². The first kappa shape index (κ1) is 17.2. The third-order valence-corrected chi connectivity index (χ3v) is 5.26. The maximum absolute atomic E-state index is 12.3. The molecule has 0 aliphatic carbocycles. The highest BCUT2D eigenvalue weighted by Gasteiger charge is 2.55. The number of ether oxygens (including phenoxy) is 1. The van der Waals surface area contributed by atoms with Gasteiger partial charge in [0.2, 0.25) is 5.91 Å². The lowest BCUT2D eigenvalue weighted by atomic mass is 9.79. The summed E-state index contributed by atoms with van der Waals surface area (Å²) in [4.78, 5) is 37.8. The molecule has 3 aliphatic rings. The lowest BCUT2D eigenvalue weighted by Gasteiger charge is -2.26. The number of urea groups is 1. The van der Waals surface area contributed by atoms with E-state index in [1.54, 1.807) is 0 Å². The van der Waals surface area contributed by atoms with Crippen molar-refractivity contribution in [2.75, 3.05) is 26.2 Å². The number of rotatable bonds is 5. The number of nitrogens with zero attached hydrogens (tertiary/aromatic N) is 1. The minimum atomic E-state index is -1.03. The summed E-state index contributed by atoms with van der Waals surface area (Å²) in [6.45, 7) is 3.32. The van der Waals surface area contributed by atoms with Gasteiger partial charge in [-0.3, -0.25) is 14.9 Å². The van der Waals surface area contributed by atoms with Gasteiger partial charge in [0.25, 0.3) is 0 Å². The van der Waals surface area contributed by atoms with Crippen LogP contribution in [0.2, 0.25) is 0 Å². The van der Waals surface area contributed by atoms with Crippen LogP contribution in [-0.4, -0.2) is 66.3 Å². The Balaban J connectivity index is 1.44. The lowest BCUT2D eigenvalue weighted by Crippen LogP contribution is -2.49. The molecule has 0 aromatic carbocycles. The van der Waals surface area contributed by atoms with Gasteiger partial charge in [-0.1, -0.05) is 6.42 Å². The van der Waals surface area contributed by atoms with Crippen LogP contribution in [0.15, 0.2) is 0 Å². The summed E-state index contributed by atoms with van der Waals surface area (Å²) in [6.07, 6.45) is 4.16. The maximum Gasteiger partial charge on any atom is 0.321 e.